The van der Waals surface area contributed by atoms with Gasteiger partial charge in [-0.1, -0.05) is 13.8 Å². The van der Waals surface area contributed by atoms with E-state index in [4.69, 9.17) is 14.2 Å². The quantitative estimate of drug-likeness (QED) is 0.693. The van der Waals surface area contributed by atoms with Crippen LogP contribution in [-0.4, -0.2) is 39.4 Å². The molecule has 0 radical (unpaired) electrons. The number of methoxy groups -OCH3 is 2. The van der Waals surface area contributed by atoms with Crippen LogP contribution in [0.25, 0.3) is 0 Å². The van der Waals surface area contributed by atoms with E-state index in [1.165, 1.54) is 14.2 Å². The fourth-order valence-electron chi connectivity index (χ4n) is 2.60. The van der Waals surface area contributed by atoms with Crippen LogP contribution >= 0.6 is 0 Å². The molecule has 0 amide bonds. The molecule has 0 saturated carbocycles. The van der Waals surface area contributed by atoms with Gasteiger partial charge in [0.1, 0.15) is 5.41 Å². The molecule has 0 bridgehead atoms. The number of hydrogen-bond donors (Lipinski definition) is 0. The Balaban J connectivity index is 3.13. The SMILES string of the molecule is CCC1(C(=O)OC)COCC(C)C1C(=O)OC. The summed E-state index contributed by atoms with van der Waals surface area (Å²) in [4.78, 5) is 23.9. The second-order valence-corrected chi connectivity index (χ2v) is 4.49. The van der Waals surface area contributed by atoms with E-state index < -0.39 is 17.3 Å². The molecule has 0 spiro atoms. The van der Waals surface area contributed by atoms with E-state index in [9.17, 15) is 9.59 Å². The Morgan fingerprint density at radius 1 is 1.35 bits per heavy atom. The zero-order valence-corrected chi connectivity index (χ0v) is 10.8. The summed E-state index contributed by atoms with van der Waals surface area (Å²) in [6.45, 7) is 4.40. The van der Waals surface area contributed by atoms with Crippen LogP contribution in [0, 0.1) is 17.3 Å². The zero-order chi connectivity index (χ0) is 13.1. The molecule has 0 aliphatic carbocycles. The van der Waals surface area contributed by atoms with E-state index in [2.05, 4.69) is 0 Å². The summed E-state index contributed by atoms with van der Waals surface area (Å²) in [5.74, 6) is -1.33. The molecular formula is C12H20O5. The van der Waals surface area contributed by atoms with Crippen LogP contribution in [-0.2, 0) is 23.8 Å². The van der Waals surface area contributed by atoms with Gasteiger partial charge in [0.15, 0.2) is 0 Å². The molecule has 0 aromatic rings. The average molecular weight is 244 g/mol. The Morgan fingerprint density at radius 2 is 2.00 bits per heavy atom. The summed E-state index contributed by atoms with van der Waals surface area (Å²) < 4.78 is 15.1. The minimum absolute atomic E-state index is 0.0600. The first kappa shape index (κ1) is 14.0. The lowest BCUT2D eigenvalue weighted by atomic mass is 9.67. The Labute approximate surface area is 101 Å². The van der Waals surface area contributed by atoms with Crippen LogP contribution in [0.1, 0.15) is 20.3 Å². The van der Waals surface area contributed by atoms with Gasteiger partial charge in [0.2, 0.25) is 0 Å². The van der Waals surface area contributed by atoms with Gasteiger partial charge < -0.3 is 14.2 Å². The van der Waals surface area contributed by atoms with Crippen LogP contribution in [0.5, 0.6) is 0 Å². The maximum Gasteiger partial charge on any atom is 0.315 e. The average Bonchev–Trinajstić information content (AvgIpc) is 2.36. The molecule has 0 N–H and O–H groups in total. The largest absolute Gasteiger partial charge is 0.469 e. The Kier molecular flexibility index (Phi) is 4.51. The zero-order valence-electron chi connectivity index (χ0n) is 10.8. The van der Waals surface area contributed by atoms with Crippen LogP contribution < -0.4 is 0 Å². The Bertz CT molecular complexity index is 301. The highest BCUT2D eigenvalue weighted by molar-refractivity contribution is 5.86. The van der Waals surface area contributed by atoms with Gasteiger partial charge in [-0.3, -0.25) is 9.59 Å². The predicted octanol–water partition coefficient (Wildman–Crippen LogP) is 1.01. The Morgan fingerprint density at radius 3 is 2.47 bits per heavy atom. The van der Waals surface area contributed by atoms with Gasteiger partial charge >= 0.3 is 11.9 Å². The van der Waals surface area contributed by atoms with E-state index in [0.29, 0.717) is 13.0 Å². The molecule has 1 saturated heterocycles. The molecule has 1 rings (SSSR count). The third kappa shape index (κ3) is 2.29. The first-order valence-electron chi connectivity index (χ1n) is 5.77. The lowest BCUT2D eigenvalue weighted by Gasteiger charge is -2.42. The van der Waals surface area contributed by atoms with E-state index in [-0.39, 0.29) is 18.5 Å². The molecule has 0 aromatic carbocycles. The van der Waals surface area contributed by atoms with Crippen LogP contribution in [0.2, 0.25) is 0 Å². The number of esters is 2. The predicted molar refractivity (Wildman–Crippen MR) is 60.2 cm³/mol. The van der Waals surface area contributed by atoms with Gasteiger partial charge in [0.25, 0.3) is 0 Å². The molecule has 1 aliphatic rings. The van der Waals surface area contributed by atoms with E-state index in [1.807, 2.05) is 13.8 Å². The number of carbonyl (C=O) groups is 2. The van der Waals surface area contributed by atoms with E-state index in [0.717, 1.165) is 0 Å². The first-order valence-corrected chi connectivity index (χ1v) is 5.77. The van der Waals surface area contributed by atoms with Crippen molar-refractivity contribution in [1.29, 1.82) is 0 Å². The van der Waals surface area contributed by atoms with Crippen molar-refractivity contribution >= 4 is 11.9 Å². The minimum atomic E-state index is -0.917. The van der Waals surface area contributed by atoms with Gasteiger partial charge in [0, 0.05) is 0 Å². The molecule has 1 fully saturated rings. The van der Waals surface area contributed by atoms with Crippen molar-refractivity contribution in [2.75, 3.05) is 27.4 Å². The van der Waals surface area contributed by atoms with Crippen LogP contribution in [0.4, 0.5) is 0 Å². The van der Waals surface area contributed by atoms with Gasteiger partial charge in [-0.15, -0.1) is 0 Å². The van der Waals surface area contributed by atoms with Crippen molar-refractivity contribution in [3.8, 4) is 0 Å². The summed E-state index contributed by atoms with van der Waals surface area (Å²) in [5, 5.41) is 0. The van der Waals surface area contributed by atoms with Crippen molar-refractivity contribution < 1.29 is 23.8 Å². The smallest absolute Gasteiger partial charge is 0.315 e. The summed E-state index contributed by atoms with van der Waals surface area (Å²) >= 11 is 0. The molecule has 5 heteroatoms. The fraction of sp³-hybridized carbons (Fsp3) is 0.833. The third-order valence-electron chi connectivity index (χ3n) is 3.58. The number of carbonyl (C=O) groups excluding carboxylic acids is 2. The monoisotopic (exact) mass is 244 g/mol. The van der Waals surface area contributed by atoms with Gasteiger partial charge in [-0.05, 0) is 12.3 Å². The fourth-order valence-corrected chi connectivity index (χ4v) is 2.60. The molecule has 3 unspecified atom stereocenters. The summed E-state index contributed by atoms with van der Waals surface area (Å²) in [6.07, 6.45) is 0.490. The molecule has 3 atom stereocenters. The maximum absolute atomic E-state index is 12.0. The number of ether oxygens (including phenoxy) is 3. The van der Waals surface area contributed by atoms with Crippen LogP contribution in [0.15, 0.2) is 0 Å². The van der Waals surface area contributed by atoms with Crippen molar-refractivity contribution in [3.05, 3.63) is 0 Å². The highest BCUT2D eigenvalue weighted by atomic mass is 16.5. The second kappa shape index (κ2) is 5.49. The van der Waals surface area contributed by atoms with E-state index in [1.54, 1.807) is 0 Å². The highest BCUT2D eigenvalue weighted by Crippen LogP contribution is 2.42. The number of hydrogen-bond acceptors (Lipinski definition) is 5. The molecular weight excluding hydrogens is 224 g/mol. The summed E-state index contributed by atoms with van der Waals surface area (Å²) in [6, 6.07) is 0. The normalized spacial score (nSPS) is 32.9. The van der Waals surface area contributed by atoms with Crippen molar-refractivity contribution in [2.45, 2.75) is 20.3 Å². The molecule has 1 heterocycles. The maximum atomic E-state index is 12.0. The van der Waals surface area contributed by atoms with E-state index >= 15 is 0 Å². The van der Waals surface area contributed by atoms with Gasteiger partial charge in [-0.2, -0.15) is 0 Å². The molecule has 98 valence electrons. The molecule has 5 nitrogen and oxygen atoms in total. The summed E-state index contributed by atoms with van der Waals surface area (Å²) in [7, 11) is 2.66. The summed E-state index contributed by atoms with van der Waals surface area (Å²) in [5.41, 5.74) is -0.917. The topological polar surface area (TPSA) is 61.8 Å². The van der Waals surface area contributed by atoms with Gasteiger partial charge in [-0.25, -0.2) is 0 Å². The second-order valence-electron chi connectivity index (χ2n) is 4.49. The van der Waals surface area contributed by atoms with Gasteiger partial charge in [0.05, 0.1) is 33.4 Å². The highest BCUT2D eigenvalue weighted by Gasteiger charge is 2.54. The van der Waals surface area contributed by atoms with Crippen LogP contribution in [0.3, 0.4) is 0 Å². The number of rotatable bonds is 3. The Hall–Kier alpha value is -1.10. The minimum Gasteiger partial charge on any atom is -0.469 e. The van der Waals surface area contributed by atoms with Crippen molar-refractivity contribution in [1.82, 2.24) is 0 Å². The lowest BCUT2D eigenvalue weighted by Crippen LogP contribution is -2.53. The third-order valence-corrected chi connectivity index (χ3v) is 3.58. The molecule has 0 aromatic heterocycles. The molecule has 17 heavy (non-hydrogen) atoms. The van der Waals surface area contributed by atoms with Crippen molar-refractivity contribution in [3.63, 3.8) is 0 Å². The van der Waals surface area contributed by atoms with Crippen molar-refractivity contribution in [2.24, 2.45) is 17.3 Å². The first-order chi connectivity index (χ1) is 8.03. The molecule has 1 aliphatic heterocycles. The lowest BCUT2D eigenvalue weighted by molar-refractivity contribution is -0.186. The standard InChI is InChI=1S/C12H20O5/c1-5-12(11(14)16-4)7-17-6-8(2)9(12)10(13)15-3/h8-9H,5-7H2,1-4H3.